The molecule has 0 unspecified atom stereocenters. The van der Waals surface area contributed by atoms with Gasteiger partial charge in [0.25, 0.3) is 5.91 Å². The maximum atomic E-state index is 13.2. The summed E-state index contributed by atoms with van der Waals surface area (Å²) in [4.78, 5) is 23.8. The van der Waals surface area contributed by atoms with Gasteiger partial charge in [-0.3, -0.25) is 4.79 Å². The van der Waals surface area contributed by atoms with Gasteiger partial charge in [0.1, 0.15) is 11.6 Å². The van der Waals surface area contributed by atoms with E-state index in [-0.39, 0.29) is 23.3 Å². The Hall–Kier alpha value is -2.39. The molecular formula is C22H27FN4O3S. The lowest BCUT2D eigenvalue weighted by molar-refractivity contribution is 0.0722. The first-order valence-corrected chi connectivity index (χ1v) is 12.2. The maximum absolute atomic E-state index is 13.2. The van der Waals surface area contributed by atoms with Gasteiger partial charge in [-0.1, -0.05) is 0 Å². The van der Waals surface area contributed by atoms with Gasteiger partial charge in [-0.15, -0.1) is 0 Å². The zero-order chi connectivity index (χ0) is 22.0. The average Bonchev–Trinajstić information content (AvgIpc) is 2.79. The summed E-state index contributed by atoms with van der Waals surface area (Å²) >= 11 is 0. The summed E-state index contributed by atoms with van der Waals surface area (Å²) in [6.45, 7) is 4.00. The van der Waals surface area contributed by atoms with Crippen LogP contribution in [0.15, 0.2) is 35.4 Å². The van der Waals surface area contributed by atoms with Crippen molar-refractivity contribution < 1.29 is 17.6 Å². The van der Waals surface area contributed by atoms with Crippen LogP contribution in [0.25, 0.3) is 0 Å². The van der Waals surface area contributed by atoms with E-state index in [4.69, 9.17) is 0 Å². The van der Waals surface area contributed by atoms with Crippen molar-refractivity contribution in [2.45, 2.75) is 49.8 Å². The summed E-state index contributed by atoms with van der Waals surface area (Å²) in [7, 11) is -3.72. The highest BCUT2D eigenvalue weighted by atomic mass is 32.2. The lowest BCUT2D eigenvalue weighted by Crippen LogP contribution is -2.39. The monoisotopic (exact) mass is 446 g/mol. The highest BCUT2D eigenvalue weighted by Crippen LogP contribution is 2.29. The van der Waals surface area contributed by atoms with Gasteiger partial charge in [0.15, 0.2) is 0 Å². The number of halogens is 1. The molecule has 1 aromatic carbocycles. The van der Waals surface area contributed by atoms with Gasteiger partial charge in [-0.05, 0) is 63.3 Å². The number of hydrogen-bond acceptors (Lipinski definition) is 5. The molecule has 31 heavy (non-hydrogen) atoms. The number of carbonyl (C=O) groups excluding carboxylic acids is 1. The predicted octanol–water partition coefficient (Wildman–Crippen LogP) is 3.12. The summed E-state index contributed by atoms with van der Waals surface area (Å²) in [6, 6.07) is 4.88. The molecule has 0 spiro atoms. The van der Waals surface area contributed by atoms with Gasteiger partial charge in [0.2, 0.25) is 10.0 Å². The minimum atomic E-state index is -3.72. The fourth-order valence-electron chi connectivity index (χ4n) is 4.29. The van der Waals surface area contributed by atoms with E-state index in [0.29, 0.717) is 30.0 Å². The molecule has 1 atom stereocenters. The van der Waals surface area contributed by atoms with Crippen molar-refractivity contribution in [2.24, 2.45) is 0 Å². The van der Waals surface area contributed by atoms with Gasteiger partial charge in [-0.2, -0.15) is 4.31 Å². The first-order chi connectivity index (χ1) is 14.9. The highest BCUT2D eigenvalue weighted by Gasteiger charge is 2.32. The number of likely N-dealkylation sites (tertiary alicyclic amines) is 1. The van der Waals surface area contributed by atoms with Gasteiger partial charge in [0, 0.05) is 38.3 Å². The van der Waals surface area contributed by atoms with E-state index in [9.17, 15) is 17.6 Å². The lowest BCUT2D eigenvalue weighted by atomic mass is 9.98. The zero-order valence-electron chi connectivity index (χ0n) is 17.6. The van der Waals surface area contributed by atoms with E-state index in [1.165, 1.54) is 16.4 Å². The molecule has 2 aliphatic rings. The van der Waals surface area contributed by atoms with Crippen LogP contribution >= 0.6 is 0 Å². The van der Waals surface area contributed by atoms with Crippen LogP contribution in [-0.4, -0.2) is 59.7 Å². The van der Waals surface area contributed by atoms with E-state index in [1.807, 2.05) is 4.90 Å². The Bertz CT molecular complexity index is 1050. The number of nitrogens with zero attached hydrogens (tertiary/aromatic N) is 4. The number of hydrogen-bond donors (Lipinski definition) is 0. The molecule has 2 aromatic rings. The van der Waals surface area contributed by atoms with Crippen molar-refractivity contribution in [2.75, 3.05) is 26.2 Å². The number of amides is 1. The molecule has 0 aliphatic carbocycles. The Balaban J connectivity index is 1.51. The maximum Gasteiger partial charge on any atom is 0.257 e. The molecule has 2 fully saturated rings. The molecule has 2 saturated heterocycles. The highest BCUT2D eigenvalue weighted by molar-refractivity contribution is 7.89. The number of rotatable bonds is 4. The van der Waals surface area contributed by atoms with E-state index in [0.717, 1.165) is 50.9 Å². The van der Waals surface area contributed by atoms with Crippen LogP contribution in [-0.2, 0) is 10.0 Å². The van der Waals surface area contributed by atoms with Crippen molar-refractivity contribution >= 4 is 15.9 Å². The fraction of sp³-hybridized carbons (Fsp3) is 0.500. The van der Waals surface area contributed by atoms with Crippen molar-refractivity contribution in [3.63, 3.8) is 0 Å². The van der Waals surface area contributed by atoms with Crippen LogP contribution in [0, 0.1) is 12.7 Å². The largest absolute Gasteiger partial charge is 0.339 e. The van der Waals surface area contributed by atoms with E-state index in [1.54, 1.807) is 13.1 Å². The molecule has 0 saturated carbocycles. The smallest absolute Gasteiger partial charge is 0.257 e. The molecular weight excluding hydrogens is 419 g/mol. The van der Waals surface area contributed by atoms with Crippen LogP contribution in [0.1, 0.15) is 59.9 Å². The van der Waals surface area contributed by atoms with Crippen molar-refractivity contribution in [1.29, 1.82) is 0 Å². The van der Waals surface area contributed by atoms with Crippen molar-refractivity contribution in [1.82, 2.24) is 19.2 Å². The Morgan fingerprint density at radius 3 is 2.45 bits per heavy atom. The standard InChI is InChI=1S/C22H27FN4O3S/c1-16-20(22(28)26-11-3-2-4-12-26)14-24-21(25-16)17-6-5-13-27(15-17)31(29,30)19-9-7-18(23)8-10-19/h7-10,14,17H,2-6,11-13,15H2,1H3/t17-/m0/s1. The molecule has 0 N–H and O–H groups in total. The average molecular weight is 447 g/mol. The van der Waals surface area contributed by atoms with Crippen LogP contribution in [0.5, 0.6) is 0 Å². The third kappa shape index (κ3) is 4.62. The van der Waals surface area contributed by atoms with Crippen molar-refractivity contribution in [3.8, 4) is 0 Å². The Kier molecular flexibility index (Phi) is 6.34. The van der Waals surface area contributed by atoms with Crippen LogP contribution in [0.2, 0.25) is 0 Å². The lowest BCUT2D eigenvalue weighted by Gasteiger charge is -2.31. The minimum Gasteiger partial charge on any atom is -0.339 e. The van der Waals surface area contributed by atoms with Crippen molar-refractivity contribution in [3.05, 3.63) is 53.4 Å². The SMILES string of the molecule is Cc1nc([C@H]2CCCN(S(=O)(=O)c3ccc(F)cc3)C2)ncc1C(=O)N1CCCCC1. The number of aromatic nitrogens is 2. The Morgan fingerprint density at radius 2 is 1.77 bits per heavy atom. The first kappa shape index (κ1) is 21.8. The Morgan fingerprint density at radius 1 is 1.06 bits per heavy atom. The van der Waals surface area contributed by atoms with E-state index >= 15 is 0 Å². The zero-order valence-corrected chi connectivity index (χ0v) is 18.4. The second kappa shape index (κ2) is 9.00. The second-order valence-electron chi connectivity index (χ2n) is 8.24. The third-order valence-corrected chi connectivity index (χ3v) is 7.95. The van der Waals surface area contributed by atoms with Gasteiger partial charge in [-0.25, -0.2) is 22.8 Å². The molecule has 0 bridgehead atoms. The number of carbonyl (C=O) groups is 1. The minimum absolute atomic E-state index is 0.0343. The fourth-order valence-corrected chi connectivity index (χ4v) is 5.81. The molecule has 1 amide bonds. The first-order valence-electron chi connectivity index (χ1n) is 10.7. The quantitative estimate of drug-likeness (QED) is 0.721. The molecule has 9 heteroatoms. The normalized spacial score (nSPS) is 20.6. The summed E-state index contributed by atoms with van der Waals surface area (Å²) in [5, 5.41) is 0. The summed E-state index contributed by atoms with van der Waals surface area (Å²) in [6.07, 6.45) is 6.23. The molecule has 166 valence electrons. The molecule has 7 nitrogen and oxygen atoms in total. The summed E-state index contributed by atoms with van der Waals surface area (Å²) < 4.78 is 40.6. The molecule has 2 aliphatic heterocycles. The molecule has 0 radical (unpaired) electrons. The third-order valence-electron chi connectivity index (χ3n) is 6.07. The second-order valence-corrected chi connectivity index (χ2v) is 10.2. The van der Waals surface area contributed by atoms with Gasteiger partial charge >= 0.3 is 0 Å². The van der Waals surface area contributed by atoms with E-state index in [2.05, 4.69) is 9.97 Å². The van der Waals surface area contributed by atoms with Gasteiger partial charge < -0.3 is 4.90 Å². The number of aryl methyl sites for hydroxylation is 1. The summed E-state index contributed by atoms with van der Waals surface area (Å²) in [5.74, 6) is -0.0973. The summed E-state index contributed by atoms with van der Waals surface area (Å²) in [5.41, 5.74) is 1.14. The molecule has 3 heterocycles. The number of piperidine rings is 2. The van der Waals surface area contributed by atoms with Crippen LogP contribution in [0.3, 0.4) is 0 Å². The van der Waals surface area contributed by atoms with Crippen LogP contribution < -0.4 is 0 Å². The van der Waals surface area contributed by atoms with Gasteiger partial charge in [0.05, 0.1) is 16.2 Å². The van der Waals surface area contributed by atoms with Crippen LogP contribution in [0.4, 0.5) is 4.39 Å². The topological polar surface area (TPSA) is 83.5 Å². The molecule has 4 rings (SSSR count). The predicted molar refractivity (Wildman–Crippen MR) is 114 cm³/mol. The van der Waals surface area contributed by atoms with E-state index < -0.39 is 15.8 Å². The Labute approximate surface area is 182 Å². The molecule has 1 aromatic heterocycles. The number of sulfonamides is 1. The number of benzene rings is 1.